The molecule has 0 aliphatic carbocycles. The third kappa shape index (κ3) is 2.36. The summed E-state index contributed by atoms with van der Waals surface area (Å²) in [5.41, 5.74) is 1.34. The molecule has 5 heteroatoms. The van der Waals surface area contributed by atoms with Gasteiger partial charge in [0.05, 0.1) is 5.02 Å². The highest BCUT2D eigenvalue weighted by Crippen LogP contribution is 2.39. The summed E-state index contributed by atoms with van der Waals surface area (Å²) < 4.78 is 5.34. The minimum Gasteiger partial charge on any atom is -0.463 e. The monoisotopic (exact) mass is 332 g/mol. The molecule has 1 N–H and O–H groups in total. The van der Waals surface area contributed by atoms with Crippen molar-refractivity contribution in [1.29, 1.82) is 0 Å². The number of fused-ring (bicyclic) bond motifs is 4. The fourth-order valence-corrected chi connectivity index (χ4v) is 4.43. The Bertz CT molecular complexity index is 759. The van der Waals surface area contributed by atoms with E-state index in [4.69, 9.17) is 16.0 Å². The normalized spacial score (nSPS) is 28.9. The summed E-state index contributed by atoms with van der Waals surface area (Å²) in [5.74, 6) is 0.538. The van der Waals surface area contributed by atoms with Crippen LogP contribution in [0.15, 0.2) is 28.9 Å². The van der Waals surface area contributed by atoms with E-state index >= 15 is 0 Å². The van der Waals surface area contributed by atoms with Crippen LogP contribution in [-0.2, 0) is 0 Å². The van der Waals surface area contributed by atoms with Crippen LogP contribution in [0.25, 0.3) is 11.0 Å². The second kappa shape index (κ2) is 5.25. The Kier molecular flexibility index (Phi) is 3.43. The van der Waals surface area contributed by atoms with Gasteiger partial charge in [0.2, 0.25) is 0 Å². The molecule has 3 saturated heterocycles. The largest absolute Gasteiger partial charge is 0.463 e. The lowest BCUT2D eigenvalue weighted by molar-refractivity contribution is -0.0378. The van der Waals surface area contributed by atoms with Crippen molar-refractivity contribution in [3.05, 3.63) is 35.0 Å². The van der Waals surface area contributed by atoms with Crippen LogP contribution in [0.3, 0.4) is 0 Å². The molecular weight excluding hydrogens is 312 g/mol. The van der Waals surface area contributed by atoms with Gasteiger partial charge in [0.25, 0.3) is 5.91 Å². The van der Waals surface area contributed by atoms with Gasteiger partial charge < -0.3 is 9.73 Å². The van der Waals surface area contributed by atoms with E-state index in [0.717, 1.165) is 18.5 Å². The summed E-state index contributed by atoms with van der Waals surface area (Å²) in [4.78, 5) is 15.2. The van der Waals surface area contributed by atoms with E-state index in [1.807, 2.05) is 6.07 Å². The molecule has 0 spiro atoms. The Labute approximate surface area is 140 Å². The molecule has 1 aromatic heterocycles. The first-order valence-corrected chi connectivity index (χ1v) is 8.57. The minimum absolute atomic E-state index is 0.00815. The number of carbonyl (C=O) groups excluding carboxylic acids is 1. The fourth-order valence-electron chi connectivity index (χ4n) is 4.24. The van der Waals surface area contributed by atoms with E-state index in [9.17, 15) is 4.79 Å². The number of carbonyl (C=O) groups is 1. The minimum atomic E-state index is -0.0315. The van der Waals surface area contributed by atoms with Crippen molar-refractivity contribution in [3.8, 4) is 0 Å². The molecule has 1 amide bonds. The van der Waals surface area contributed by atoms with Gasteiger partial charge in [0, 0.05) is 22.5 Å². The van der Waals surface area contributed by atoms with Crippen molar-refractivity contribution in [2.75, 3.05) is 13.1 Å². The second-order valence-electron chi connectivity index (χ2n) is 7.22. The molecule has 122 valence electrons. The molecule has 1 atom stereocenters. The Morgan fingerprint density at radius 1 is 1.35 bits per heavy atom. The molecule has 3 aliphatic heterocycles. The van der Waals surface area contributed by atoms with Gasteiger partial charge in [-0.3, -0.25) is 9.69 Å². The Morgan fingerprint density at radius 3 is 2.78 bits per heavy atom. The summed E-state index contributed by atoms with van der Waals surface area (Å²) in [7, 11) is 0. The number of hydrogen-bond acceptors (Lipinski definition) is 3. The number of piperidine rings is 3. The molecule has 0 saturated carbocycles. The molecule has 0 radical (unpaired) electrons. The summed E-state index contributed by atoms with van der Waals surface area (Å²) in [6.45, 7) is 6.75. The molecular formula is C18H21ClN2O2. The van der Waals surface area contributed by atoms with Gasteiger partial charge in [-0.1, -0.05) is 11.6 Å². The fraction of sp³-hybridized carbons (Fsp3) is 0.500. The third-order valence-electron chi connectivity index (χ3n) is 5.66. The van der Waals surface area contributed by atoms with Gasteiger partial charge in [0.15, 0.2) is 0 Å². The van der Waals surface area contributed by atoms with Crippen molar-refractivity contribution in [2.24, 2.45) is 5.92 Å². The zero-order chi connectivity index (χ0) is 16.2. The lowest BCUT2D eigenvalue weighted by atomic mass is 9.72. The molecule has 3 aliphatic rings. The van der Waals surface area contributed by atoms with Crippen LogP contribution in [-0.4, -0.2) is 35.5 Å². The lowest BCUT2D eigenvalue weighted by Gasteiger charge is -2.56. The number of nitrogens with zero attached hydrogens (tertiary/aromatic N) is 1. The molecule has 2 bridgehead atoms. The number of benzene rings is 1. The van der Waals surface area contributed by atoms with Gasteiger partial charge in [-0.25, -0.2) is 0 Å². The van der Waals surface area contributed by atoms with Crippen molar-refractivity contribution in [1.82, 2.24) is 10.2 Å². The number of halogens is 1. The second-order valence-corrected chi connectivity index (χ2v) is 7.63. The van der Waals surface area contributed by atoms with E-state index in [0.29, 0.717) is 22.1 Å². The Morgan fingerprint density at radius 2 is 2.09 bits per heavy atom. The summed E-state index contributed by atoms with van der Waals surface area (Å²) in [6, 6.07) is 5.60. The number of rotatable bonds is 2. The quantitative estimate of drug-likeness (QED) is 0.912. The van der Waals surface area contributed by atoms with E-state index in [1.54, 1.807) is 12.1 Å². The zero-order valence-electron chi connectivity index (χ0n) is 13.4. The van der Waals surface area contributed by atoms with Crippen LogP contribution in [0.2, 0.25) is 5.02 Å². The third-order valence-corrected chi connectivity index (χ3v) is 5.95. The van der Waals surface area contributed by atoms with Gasteiger partial charge >= 0.3 is 0 Å². The molecule has 0 unspecified atom stereocenters. The Hall–Kier alpha value is -1.52. The maximum Gasteiger partial charge on any atom is 0.251 e. The molecule has 23 heavy (non-hydrogen) atoms. The number of furan rings is 1. The number of hydrogen-bond donors (Lipinski definition) is 1. The van der Waals surface area contributed by atoms with Gasteiger partial charge in [-0.05, 0) is 63.9 Å². The molecule has 4 nitrogen and oxygen atoms in total. The highest BCUT2D eigenvalue weighted by molar-refractivity contribution is 6.35. The van der Waals surface area contributed by atoms with E-state index in [2.05, 4.69) is 24.1 Å². The molecule has 2 aromatic rings. The predicted octanol–water partition coefficient (Wildman–Crippen LogP) is 3.69. The highest BCUT2D eigenvalue weighted by Gasteiger charge is 2.48. The van der Waals surface area contributed by atoms with Crippen LogP contribution in [0.4, 0.5) is 0 Å². The Balaban J connectivity index is 1.60. The van der Waals surface area contributed by atoms with Crippen LogP contribution >= 0.6 is 11.6 Å². The molecule has 1 aromatic carbocycles. The maximum absolute atomic E-state index is 12.8. The van der Waals surface area contributed by atoms with Crippen molar-refractivity contribution >= 4 is 28.5 Å². The molecule has 5 rings (SSSR count). The average molecular weight is 333 g/mol. The topological polar surface area (TPSA) is 45.5 Å². The molecule has 4 heterocycles. The predicted molar refractivity (Wildman–Crippen MR) is 90.9 cm³/mol. The SMILES string of the molecule is CC1(C)[C@@H](NC(=O)c2ccc3occ(Cl)c3c2)C2CCN1CC2. The van der Waals surface area contributed by atoms with Gasteiger partial charge in [-0.2, -0.15) is 0 Å². The van der Waals surface area contributed by atoms with Gasteiger partial charge in [0.1, 0.15) is 11.8 Å². The lowest BCUT2D eigenvalue weighted by Crippen LogP contribution is -2.69. The first-order valence-electron chi connectivity index (χ1n) is 8.19. The van der Waals surface area contributed by atoms with Crippen LogP contribution in [0, 0.1) is 5.92 Å². The van der Waals surface area contributed by atoms with E-state index in [1.165, 1.54) is 19.1 Å². The molecule has 3 fully saturated rings. The maximum atomic E-state index is 12.8. The van der Waals surface area contributed by atoms with Crippen molar-refractivity contribution in [3.63, 3.8) is 0 Å². The summed E-state index contributed by atoms with van der Waals surface area (Å²) in [5, 5.41) is 4.60. The summed E-state index contributed by atoms with van der Waals surface area (Å²) >= 11 is 6.11. The average Bonchev–Trinajstić information content (AvgIpc) is 2.92. The number of nitrogens with one attached hydrogen (secondary N) is 1. The smallest absolute Gasteiger partial charge is 0.251 e. The zero-order valence-corrected chi connectivity index (χ0v) is 14.2. The summed E-state index contributed by atoms with van der Waals surface area (Å²) in [6.07, 6.45) is 3.84. The van der Waals surface area contributed by atoms with E-state index < -0.39 is 0 Å². The van der Waals surface area contributed by atoms with E-state index in [-0.39, 0.29) is 17.5 Å². The van der Waals surface area contributed by atoms with Crippen LogP contribution in [0.1, 0.15) is 37.0 Å². The van der Waals surface area contributed by atoms with Crippen LogP contribution < -0.4 is 5.32 Å². The standard InChI is InChI=1S/C18H21ClN2O2/c1-18(2)16(11-5-7-21(18)8-6-11)20-17(22)12-3-4-15-13(9-12)14(19)10-23-15/h3-4,9-11,16H,5-8H2,1-2H3,(H,20,22)/t16-/m0/s1. The number of amides is 1. The van der Waals surface area contributed by atoms with Crippen molar-refractivity contribution in [2.45, 2.75) is 38.3 Å². The first-order chi connectivity index (χ1) is 11.0. The van der Waals surface area contributed by atoms with Gasteiger partial charge in [-0.15, -0.1) is 0 Å². The first kappa shape index (κ1) is 15.0. The van der Waals surface area contributed by atoms with Crippen LogP contribution in [0.5, 0.6) is 0 Å². The van der Waals surface area contributed by atoms with Crippen molar-refractivity contribution < 1.29 is 9.21 Å². The highest BCUT2D eigenvalue weighted by atomic mass is 35.5.